The standard InChI is InChI=1S/C21H32N4OS/c1-4-27(26)18-7-5-6-17(13-18)25-21(22-3)23-11-10-16-14-24-20-12-15(2)8-9-19(16)20/h8-9,12,14,17-18,24H,4-7,10-11,13H2,1-3H3,(H2,22,23,25). The van der Waals surface area contributed by atoms with Gasteiger partial charge < -0.3 is 15.6 Å². The van der Waals surface area contributed by atoms with E-state index >= 15 is 0 Å². The lowest BCUT2D eigenvalue weighted by molar-refractivity contribution is 0.413. The number of aromatic nitrogens is 1. The molecule has 0 bridgehead atoms. The Balaban J connectivity index is 1.51. The van der Waals surface area contributed by atoms with Gasteiger partial charge in [-0.2, -0.15) is 0 Å². The van der Waals surface area contributed by atoms with Gasteiger partial charge in [0.2, 0.25) is 0 Å². The van der Waals surface area contributed by atoms with E-state index in [-0.39, 0.29) is 0 Å². The van der Waals surface area contributed by atoms with Gasteiger partial charge in [-0.25, -0.2) is 0 Å². The van der Waals surface area contributed by atoms with Crippen LogP contribution < -0.4 is 10.6 Å². The van der Waals surface area contributed by atoms with Gasteiger partial charge in [-0.15, -0.1) is 0 Å². The highest BCUT2D eigenvalue weighted by Gasteiger charge is 2.25. The zero-order valence-electron chi connectivity index (χ0n) is 16.7. The summed E-state index contributed by atoms with van der Waals surface area (Å²) in [5, 5.41) is 8.60. The number of aryl methyl sites for hydroxylation is 1. The second-order valence-electron chi connectivity index (χ2n) is 7.41. The SMILES string of the molecule is CCS(=O)C1CCCC(NC(=NC)NCCc2c[nH]c3cc(C)ccc23)C1. The smallest absolute Gasteiger partial charge is 0.191 e. The van der Waals surface area contributed by atoms with Gasteiger partial charge in [0.05, 0.1) is 0 Å². The maximum absolute atomic E-state index is 12.1. The van der Waals surface area contributed by atoms with Crippen molar-refractivity contribution in [3.05, 3.63) is 35.5 Å². The zero-order valence-corrected chi connectivity index (χ0v) is 17.5. The normalized spacial score (nSPS) is 22.0. The molecule has 1 saturated carbocycles. The first kappa shape index (κ1) is 19.9. The third kappa shape index (κ3) is 5.12. The van der Waals surface area contributed by atoms with Gasteiger partial charge in [0.25, 0.3) is 0 Å². The summed E-state index contributed by atoms with van der Waals surface area (Å²) in [7, 11) is 1.12. The fourth-order valence-electron chi connectivity index (χ4n) is 3.96. The van der Waals surface area contributed by atoms with E-state index in [2.05, 4.69) is 51.9 Å². The number of hydrogen-bond acceptors (Lipinski definition) is 2. The number of guanidine groups is 1. The van der Waals surface area contributed by atoms with Crippen LogP contribution in [0.25, 0.3) is 10.9 Å². The number of benzene rings is 1. The van der Waals surface area contributed by atoms with Crippen molar-refractivity contribution >= 4 is 27.7 Å². The van der Waals surface area contributed by atoms with Gasteiger partial charge >= 0.3 is 0 Å². The number of aromatic amines is 1. The number of fused-ring (bicyclic) bond motifs is 1. The van der Waals surface area contributed by atoms with Crippen LogP contribution in [0.4, 0.5) is 0 Å². The Morgan fingerprint density at radius 3 is 3.00 bits per heavy atom. The summed E-state index contributed by atoms with van der Waals surface area (Å²) in [6.45, 7) is 4.96. The molecule has 2 aromatic rings. The second kappa shape index (κ2) is 9.40. The molecule has 3 rings (SSSR count). The molecule has 1 aromatic heterocycles. The van der Waals surface area contributed by atoms with E-state index in [1.807, 2.05) is 14.0 Å². The van der Waals surface area contributed by atoms with Crippen LogP contribution in [0.5, 0.6) is 0 Å². The number of nitrogens with one attached hydrogen (secondary N) is 3. The molecule has 1 aliphatic carbocycles. The average Bonchev–Trinajstić information content (AvgIpc) is 3.08. The molecule has 6 heteroatoms. The van der Waals surface area contributed by atoms with Crippen LogP contribution in [0.3, 0.4) is 0 Å². The molecule has 1 fully saturated rings. The highest BCUT2D eigenvalue weighted by atomic mass is 32.2. The summed E-state index contributed by atoms with van der Waals surface area (Å²) in [6, 6.07) is 6.90. The van der Waals surface area contributed by atoms with Crippen LogP contribution in [0.2, 0.25) is 0 Å². The minimum Gasteiger partial charge on any atom is -0.361 e. The highest BCUT2D eigenvalue weighted by Crippen LogP contribution is 2.23. The van der Waals surface area contributed by atoms with Crippen LogP contribution >= 0.6 is 0 Å². The largest absolute Gasteiger partial charge is 0.361 e. The van der Waals surface area contributed by atoms with Gasteiger partial charge in [0.15, 0.2) is 5.96 Å². The van der Waals surface area contributed by atoms with Gasteiger partial charge in [-0.3, -0.25) is 9.20 Å². The van der Waals surface area contributed by atoms with E-state index < -0.39 is 10.8 Å². The van der Waals surface area contributed by atoms with Crippen LogP contribution in [0, 0.1) is 6.92 Å². The van der Waals surface area contributed by atoms with E-state index in [4.69, 9.17) is 0 Å². The fourth-order valence-corrected chi connectivity index (χ4v) is 5.31. The van der Waals surface area contributed by atoms with Gasteiger partial charge in [-0.1, -0.05) is 25.5 Å². The number of rotatable bonds is 6. The molecule has 1 heterocycles. The predicted molar refractivity (Wildman–Crippen MR) is 116 cm³/mol. The molecular formula is C21H32N4OS. The number of nitrogens with zero attached hydrogens (tertiary/aromatic N) is 1. The quantitative estimate of drug-likeness (QED) is 0.525. The van der Waals surface area contributed by atoms with Crippen molar-refractivity contribution in [2.24, 2.45) is 4.99 Å². The first-order chi connectivity index (χ1) is 13.1. The zero-order chi connectivity index (χ0) is 19.2. The van der Waals surface area contributed by atoms with E-state index in [1.54, 1.807) is 0 Å². The molecule has 1 aromatic carbocycles. The lowest BCUT2D eigenvalue weighted by Crippen LogP contribution is -2.47. The molecular weight excluding hydrogens is 356 g/mol. The second-order valence-corrected chi connectivity index (χ2v) is 9.42. The number of H-pyrrole nitrogens is 1. The van der Waals surface area contributed by atoms with Crippen LogP contribution in [-0.2, 0) is 17.2 Å². The average molecular weight is 389 g/mol. The summed E-state index contributed by atoms with van der Waals surface area (Å²) in [4.78, 5) is 7.74. The van der Waals surface area contributed by atoms with Crippen molar-refractivity contribution in [2.45, 2.75) is 57.2 Å². The Kier molecular flexibility index (Phi) is 6.94. The summed E-state index contributed by atoms with van der Waals surface area (Å²) in [5.74, 6) is 1.60. The molecule has 3 N–H and O–H groups in total. The van der Waals surface area contributed by atoms with E-state index in [0.717, 1.165) is 50.4 Å². The Morgan fingerprint density at radius 2 is 2.22 bits per heavy atom. The molecule has 0 spiro atoms. The Labute approximate surface area is 164 Å². The minimum absolute atomic E-state index is 0.328. The van der Waals surface area contributed by atoms with Crippen molar-refractivity contribution in [3.8, 4) is 0 Å². The molecule has 0 saturated heterocycles. The third-order valence-corrected chi connectivity index (χ3v) is 7.20. The van der Waals surface area contributed by atoms with Crippen molar-refractivity contribution in [2.75, 3.05) is 19.3 Å². The molecule has 3 unspecified atom stereocenters. The highest BCUT2D eigenvalue weighted by molar-refractivity contribution is 7.85. The molecule has 5 nitrogen and oxygen atoms in total. The van der Waals surface area contributed by atoms with E-state index in [0.29, 0.717) is 11.3 Å². The molecule has 148 valence electrons. The van der Waals surface area contributed by atoms with Crippen LogP contribution in [0.15, 0.2) is 29.4 Å². The van der Waals surface area contributed by atoms with Gasteiger partial charge in [0, 0.05) is 58.5 Å². The monoisotopic (exact) mass is 388 g/mol. The summed E-state index contributed by atoms with van der Waals surface area (Å²) < 4.78 is 12.1. The van der Waals surface area contributed by atoms with Crippen molar-refractivity contribution in [1.82, 2.24) is 15.6 Å². The number of aliphatic imine (C=N–C) groups is 1. The molecule has 1 aliphatic rings. The third-order valence-electron chi connectivity index (χ3n) is 5.46. The first-order valence-corrected chi connectivity index (χ1v) is 11.4. The molecule has 3 atom stereocenters. The molecule has 0 aliphatic heterocycles. The van der Waals surface area contributed by atoms with E-state index in [1.165, 1.54) is 22.0 Å². The summed E-state index contributed by atoms with van der Waals surface area (Å²) >= 11 is 0. The number of hydrogen-bond donors (Lipinski definition) is 3. The van der Waals surface area contributed by atoms with Crippen LogP contribution in [-0.4, -0.2) is 45.8 Å². The topological polar surface area (TPSA) is 69.3 Å². The van der Waals surface area contributed by atoms with Gasteiger partial charge in [-0.05, 0) is 49.8 Å². The molecule has 0 radical (unpaired) electrons. The minimum atomic E-state index is -0.696. The van der Waals surface area contributed by atoms with Crippen molar-refractivity contribution in [1.29, 1.82) is 0 Å². The van der Waals surface area contributed by atoms with Crippen molar-refractivity contribution in [3.63, 3.8) is 0 Å². The summed E-state index contributed by atoms with van der Waals surface area (Å²) in [6.07, 6.45) is 7.37. The Bertz CT molecular complexity index is 814. The maximum Gasteiger partial charge on any atom is 0.191 e. The Morgan fingerprint density at radius 1 is 1.37 bits per heavy atom. The fraction of sp³-hybridized carbons (Fsp3) is 0.571. The van der Waals surface area contributed by atoms with Gasteiger partial charge in [0.1, 0.15) is 0 Å². The van der Waals surface area contributed by atoms with E-state index in [9.17, 15) is 4.21 Å². The summed E-state index contributed by atoms with van der Waals surface area (Å²) in [5.41, 5.74) is 3.79. The van der Waals surface area contributed by atoms with Crippen LogP contribution in [0.1, 0.15) is 43.7 Å². The Hall–Kier alpha value is -1.82. The van der Waals surface area contributed by atoms with Crippen molar-refractivity contribution < 1.29 is 4.21 Å². The maximum atomic E-state index is 12.1. The lowest BCUT2D eigenvalue weighted by Gasteiger charge is -2.30. The lowest BCUT2D eigenvalue weighted by atomic mass is 9.95. The first-order valence-electron chi connectivity index (χ1n) is 10.0. The predicted octanol–water partition coefficient (Wildman–Crippen LogP) is 3.26. The molecule has 27 heavy (non-hydrogen) atoms. The molecule has 0 amide bonds.